The number of amidine groups is 1. The van der Waals surface area contributed by atoms with Crippen LogP contribution in [-0.4, -0.2) is 17.4 Å². The summed E-state index contributed by atoms with van der Waals surface area (Å²) in [7, 11) is 0. The van der Waals surface area contributed by atoms with Crippen molar-refractivity contribution in [1.82, 2.24) is 4.98 Å². The highest BCUT2D eigenvalue weighted by Crippen LogP contribution is 2.29. The summed E-state index contributed by atoms with van der Waals surface area (Å²) in [5.41, 5.74) is 6.96. The van der Waals surface area contributed by atoms with Gasteiger partial charge in [-0.25, -0.2) is 4.39 Å². The third-order valence-electron chi connectivity index (χ3n) is 2.80. The monoisotopic (exact) mass is 308 g/mol. The minimum Gasteiger partial charge on any atom is -0.493 e. The van der Waals surface area contributed by atoms with Crippen LogP contribution in [0.4, 0.5) is 4.39 Å². The van der Waals surface area contributed by atoms with Gasteiger partial charge in [0.15, 0.2) is 5.84 Å². The number of nitrogens with two attached hydrogens (primary N) is 2. The van der Waals surface area contributed by atoms with Crippen LogP contribution in [0.15, 0.2) is 41.6 Å². The molecule has 110 valence electrons. The molecule has 1 aromatic carbocycles. The number of rotatable bonds is 1. The fourth-order valence-corrected chi connectivity index (χ4v) is 1.94. The van der Waals surface area contributed by atoms with Gasteiger partial charge in [0.05, 0.1) is 11.6 Å². The molecule has 0 amide bonds. The number of fused-ring (bicyclic) bond motifs is 1. The second-order valence-corrected chi connectivity index (χ2v) is 4.61. The van der Waals surface area contributed by atoms with Crippen molar-refractivity contribution in [2.45, 2.75) is 6.42 Å². The van der Waals surface area contributed by atoms with Crippen molar-refractivity contribution in [3.8, 4) is 5.75 Å². The van der Waals surface area contributed by atoms with Gasteiger partial charge in [-0.1, -0.05) is 17.7 Å². The van der Waals surface area contributed by atoms with E-state index in [-0.39, 0.29) is 10.9 Å². The molecule has 3 rings (SSSR count). The molecule has 7 heteroatoms. The highest BCUT2D eigenvalue weighted by atomic mass is 35.5. The van der Waals surface area contributed by atoms with E-state index >= 15 is 0 Å². The summed E-state index contributed by atoms with van der Waals surface area (Å²) in [6, 6.07) is 8.32. The van der Waals surface area contributed by atoms with Crippen LogP contribution in [0.25, 0.3) is 0 Å². The van der Waals surface area contributed by atoms with Crippen molar-refractivity contribution in [2.24, 2.45) is 16.7 Å². The molecule has 0 atom stereocenters. The first kappa shape index (κ1) is 15.1. The summed E-state index contributed by atoms with van der Waals surface area (Å²) in [4.78, 5) is 3.91. The van der Waals surface area contributed by atoms with Crippen LogP contribution >= 0.6 is 11.6 Å². The first-order valence-corrected chi connectivity index (χ1v) is 6.55. The number of hydrogen-bond donors (Lipinski definition) is 2. The molecular formula is C14H14ClFN4O. The lowest BCUT2D eigenvalue weighted by molar-refractivity contribution is 0.355. The van der Waals surface area contributed by atoms with Gasteiger partial charge < -0.3 is 16.3 Å². The lowest BCUT2D eigenvalue weighted by Crippen LogP contribution is -2.16. The van der Waals surface area contributed by atoms with E-state index in [2.05, 4.69) is 10.1 Å². The maximum Gasteiger partial charge on any atom is 0.168 e. The van der Waals surface area contributed by atoms with Crippen LogP contribution in [0, 0.1) is 5.82 Å². The number of benzene rings is 1. The van der Waals surface area contributed by atoms with Gasteiger partial charge in [0, 0.05) is 18.7 Å². The lowest BCUT2D eigenvalue weighted by Gasteiger charge is -1.99. The van der Waals surface area contributed by atoms with Crippen molar-refractivity contribution in [2.75, 3.05) is 6.61 Å². The van der Waals surface area contributed by atoms with Gasteiger partial charge in [-0.05, 0) is 23.8 Å². The minimum atomic E-state index is -0.410. The number of ether oxygens (including phenoxy) is 1. The van der Waals surface area contributed by atoms with E-state index in [1.54, 1.807) is 24.4 Å². The van der Waals surface area contributed by atoms with E-state index in [1.165, 1.54) is 6.07 Å². The number of pyridine rings is 1. The molecule has 1 aromatic heterocycles. The summed E-state index contributed by atoms with van der Waals surface area (Å²) >= 11 is 5.56. The summed E-state index contributed by atoms with van der Waals surface area (Å²) in [5, 5.41) is 3.47. The Balaban J connectivity index is 0.000000155. The van der Waals surface area contributed by atoms with Crippen molar-refractivity contribution < 1.29 is 9.13 Å². The van der Waals surface area contributed by atoms with Gasteiger partial charge in [-0.15, -0.1) is 0 Å². The molecule has 4 N–H and O–H groups in total. The van der Waals surface area contributed by atoms with Crippen molar-refractivity contribution in [3.63, 3.8) is 0 Å². The highest BCUT2D eigenvalue weighted by Gasteiger charge is 2.14. The Morgan fingerprint density at radius 3 is 2.86 bits per heavy atom. The molecule has 0 saturated heterocycles. The van der Waals surface area contributed by atoms with Crippen molar-refractivity contribution in [3.05, 3.63) is 58.6 Å². The molecule has 0 aliphatic carbocycles. The molecule has 0 bridgehead atoms. The lowest BCUT2D eigenvalue weighted by atomic mass is 10.2. The first-order chi connectivity index (χ1) is 10.1. The fraction of sp³-hybridized carbons (Fsp3) is 0.143. The molecule has 0 fully saturated rings. The van der Waals surface area contributed by atoms with E-state index in [1.807, 2.05) is 6.07 Å². The molecule has 1 aliphatic rings. The van der Waals surface area contributed by atoms with Crippen LogP contribution < -0.4 is 16.3 Å². The van der Waals surface area contributed by atoms with Crippen LogP contribution in [0.1, 0.15) is 11.3 Å². The second-order valence-electron chi connectivity index (χ2n) is 4.20. The number of halogens is 2. The van der Waals surface area contributed by atoms with Crippen LogP contribution in [0.5, 0.6) is 5.75 Å². The highest BCUT2D eigenvalue weighted by molar-refractivity contribution is 6.30. The maximum absolute atomic E-state index is 12.8. The minimum absolute atomic E-state index is 0.175. The molecule has 21 heavy (non-hydrogen) atoms. The summed E-state index contributed by atoms with van der Waals surface area (Å²) < 4.78 is 17.9. The van der Waals surface area contributed by atoms with Crippen molar-refractivity contribution in [1.29, 1.82) is 0 Å². The number of aromatic nitrogens is 1. The Hall–Kier alpha value is -2.34. The Bertz CT molecular complexity index is 620. The van der Waals surface area contributed by atoms with E-state index in [4.69, 9.17) is 27.9 Å². The largest absolute Gasteiger partial charge is 0.493 e. The third-order valence-corrected chi connectivity index (χ3v) is 3.09. The molecule has 0 unspecified atom stereocenters. The first-order valence-electron chi connectivity index (χ1n) is 6.17. The fourth-order valence-electron chi connectivity index (χ4n) is 1.75. The molecule has 2 aromatic rings. The van der Waals surface area contributed by atoms with Gasteiger partial charge >= 0.3 is 0 Å². The number of hydrazone groups is 1. The number of nitrogens with zero attached hydrogens (tertiary/aromatic N) is 2. The Kier molecular flexibility index (Phi) is 4.94. The summed E-state index contributed by atoms with van der Waals surface area (Å²) in [6.07, 6.45) is 2.46. The van der Waals surface area contributed by atoms with E-state index in [0.29, 0.717) is 18.1 Å². The predicted octanol–water partition coefficient (Wildman–Crippen LogP) is 2.07. The van der Waals surface area contributed by atoms with E-state index in [0.717, 1.165) is 12.0 Å². The van der Waals surface area contributed by atoms with Gasteiger partial charge in [0.25, 0.3) is 0 Å². The Labute approximate surface area is 126 Å². The summed E-state index contributed by atoms with van der Waals surface area (Å²) in [6.45, 7) is 0.634. The third kappa shape index (κ3) is 3.82. The van der Waals surface area contributed by atoms with Crippen LogP contribution in [-0.2, 0) is 6.42 Å². The Morgan fingerprint density at radius 2 is 2.19 bits per heavy atom. The standard InChI is InChI=1S/C8H6ClFO.C6H8N4/c9-6-3-5-1-2-11-8(5)4-7(6)10;7-6(10-8)5-3-1-2-4-9-5/h3-4H,1-2H2;1-4H,8H2,(H2,7,10). The molecule has 0 radical (unpaired) electrons. The van der Waals surface area contributed by atoms with Crippen molar-refractivity contribution >= 4 is 17.4 Å². The molecule has 0 saturated carbocycles. The molecule has 5 nitrogen and oxygen atoms in total. The van der Waals surface area contributed by atoms with Crippen LogP contribution in [0.2, 0.25) is 5.02 Å². The second kappa shape index (κ2) is 6.90. The molecule has 1 aliphatic heterocycles. The zero-order chi connectivity index (χ0) is 15.2. The van der Waals surface area contributed by atoms with E-state index in [9.17, 15) is 4.39 Å². The van der Waals surface area contributed by atoms with Gasteiger partial charge in [-0.3, -0.25) is 4.98 Å². The maximum atomic E-state index is 12.8. The molecular weight excluding hydrogens is 295 g/mol. The quantitative estimate of drug-likeness (QED) is 0.365. The van der Waals surface area contributed by atoms with Crippen LogP contribution in [0.3, 0.4) is 0 Å². The average Bonchev–Trinajstić information content (AvgIpc) is 2.95. The van der Waals surface area contributed by atoms with Gasteiger partial charge in [0.1, 0.15) is 17.3 Å². The zero-order valence-electron chi connectivity index (χ0n) is 11.1. The Morgan fingerprint density at radius 1 is 1.38 bits per heavy atom. The van der Waals surface area contributed by atoms with Gasteiger partial charge in [-0.2, -0.15) is 5.10 Å². The summed E-state index contributed by atoms with van der Waals surface area (Å²) in [5.74, 6) is 5.40. The molecule has 0 spiro atoms. The zero-order valence-corrected chi connectivity index (χ0v) is 11.8. The smallest absolute Gasteiger partial charge is 0.168 e. The topological polar surface area (TPSA) is 86.5 Å². The van der Waals surface area contributed by atoms with Gasteiger partial charge in [0.2, 0.25) is 0 Å². The molecule has 2 heterocycles. The van der Waals surface area contributed by atoms with E-state index < -0.39 is 5.82 Å². The normalized spacial score (nSPS) is 13.0. The predicted molar refractivity (Wildman–Crippen MR) is 79.8 cm³/mol. The SMILES string of the molecule is Fc1cc2c(cc1Cl)CCO2.N/N=C(\N)c1ccccn1. The number of hydrogen-bond acceptors (Lipinski definition) is 4. The average molecular weight is 309 g/mol.